The van der Waals surface area contributed by atoms with Crippen molar-refractivity contribution in [3.05, 3.63) is 92.3 Å². The van der Waals surface area contributed by atoms with Gasteiger partial charge in [-0.3, -0.25) is 9.48 Å². The Balaban J connectivity index is 1.35. The molecule has 0 spiro atoms. The largest absolute Gasteiger partial charge is 0.471 e. The fourth-order valence-corrected chi connectivity index (χ4v) is 3.78. The van der Waals surface area contributed by atoms with Gasteiger partial charge in [-0.2, -0.15) is 10.2 Å². The van der Waals surface area contributed by atoms with Crippen LogP contribution in [0.2, 0.25) is 15.1 Å². The Kier molecular flexibility index (Phi) is 6.93. The fourth-order valence-electron chi connectivity index (χ4n) is 3.21. The maximum Gasteiger partial charge on any atom is 0.277 e. The molecule has 2 heterocycles. The highest BCUT2D eigenvalue weighted by Crippen LogP contribution is 2.26. The van der Waals surface area contributed by atoms with Crippen LogP contribution in [0.5, 0.6) is 5.75 Å². The van der Waals surface area contributed by atoms with E-state index in [0.29, 0.717) is 28.2 Å². The molecule has 0 unspecified atom stereocenters. The second-order valence-corrected chi connectivity index (χ2v) is 8.69. The molecule has 0 saturated heterocycles. The average Bonchev–Trinajstić information content (AvgIpc) is 3.42. The first-order valence-electron chi connectivity index (χ1n) is 10.0. The summed E-state index contributed by atoms with van der Waals surface area (Å²) in [5.74, 6) is 0.715. The molecule has 170 valence electrons. The second kappa shape index (κ2) is 9.87. The van der Waals surface area contributed by atoms with E-state index < -0.39 is 0 Å². The number of carbonyl (C=O) groups is 1. The van der Waals surface area contributed by atoms with Crippen molar-refractivity contribution in [2.45, 2.75) is 27.1 Å². The van der Waals surface area contributed by atoms with Gasteiger partial charge >= 0.3 is 0 Å². The van der Waals surface area contributed by atoms with Crippen molar-refractivity contribution >= 4 is 46.5 Å². The van der Waals surface area contributed by atoms with E-state index in [1.165, 1.54) is 4.68 Å². The first-order chi connectivity index (χ1) is 15.8. The molecule has 0 aliphatic heterocycles. The van der Waals surface area contributed by atoms with Crippen LogP contribution in [0.3, 0.4) is 0 Å². The molecule has 1 N–H and O–H groups in total. The predicted molar refractivity (Wildman–Crippen MR) is 130 cm³/mol. The van der Waals surface area contributed by atoms with Crippen LogP contribution in [0.1, 0.15) is 27.2 Å². The van der Waals surface area contributed by atoms with E-state index in [1.54, 1.807) is 41.3 Å². The van der Waals surface area contributed by atoms with Crippen LogP contribution >= 0.6 is 34.8 Å². The van der Waals surface area contributed by atoms with Crippen LogP contribution in [0.4, 0.5) is 5.82 Å². The molecule has 2 aromatic heterocycles. The van der Waals surface area contributed by atoms with Crippen molar-refractivity contribution in [1.29, 1.82) is 0 Å². The predicted octanol–water partition coefficient (Wildman–Crippen LogP) is 5.99. The molecular formula is C23H20Cl3N5O2. The van der Waals surface area contributed by atoms with Crippen LogP contribution in [-0.2, 0) is 13.3 Å². The van der Waals surface area contributed by atoms with Gasteiger partial charge in [-0.05, 0) is 60.9 Å². The van der Waals surface area contributed by atoms with Gasteiger partial charge in [0.15, 0.2) is 18.2 Å². The zero-order valence-electron chi connectivity index (χ0n) is 17.8. The number of ether oxygens (including phenoxy) is 1. The summed E-state index contributed by atoms with van der Waals surface area (Å²) in [6.07, 6.45) is 3.43. The van der Waals surface area contributed by atoms with E-state index in [4.69, 9.17) is 39.5 Å². The number of benzene rings is 2. The zero-order valence-corrected chi connectivity index (χ0v) is 20.1. The van der Waals surface area contributed by atoms with Crippen LogP contribution < -0.4 is 10.1 Å². The number of nitrogens with one attached hydrogen (secondary N) is 1. The standard InChI is InChI=1S/C23H20Cl3N5O2/c1-14-9-18(10-15(2)22(14)26)33-13-31-7-5-20(28-31)23(32)27-21-6-8-30(29-21)12-16-3-4-17(24)11-19(16)25/h3-11H,12-13H2,1-2H3,(H,27,29,32). The van der Waals surface area contributed by atoms with Crippen molar-refractivity contribution in [3.63, 3.8) is 0 Å². The van der Waals surface area contributed by atoms with Gasteiger partial charge in [-0.1, -0.05) is 40.9 Å². The number of nitrogens with zero attached hydrogens (tertiary/aromatic N) is 4. The molecule has 7 nitrogen and oxygen atoms in total. The van der Waals surface area contributed by atoms with Crippen molar-refractivity contribution in [3.8, 4) is 5.75 Å². The number of aromatic nitrogens is 4. The average molecular weight is 505 g/mol. The number of amides is 1. The molecule has 0 aliphatic carbocycles. The number of aryl methyl sites for hydroxylation is 2. The molecule has 0 radical (unpaired) electrons. The Bertz CT molecular complexity index is 1290. The first kappa shape index (κ1) is 23.2. The fraction of sp³-hybridized carbons (Fsp3) is 0.174. The molecule has 0 bridgehead atoms. The number of carbonyl (C=O) groups excluding carboxylic acids is 1. The molecule has 0 atom stereocenters. The number of anilines is 1. The van der Waals surface area contributed by atoms with E-state index in [0.717, 1.165) is 21.7 Å². The Morgan fingerprint density at radius 2 is 1.70 bits per heavy atom. The summed E-state index contributed by atoms with van der Waals surface area (Å²) >= 11 is 18.3. The van der Waals surface area contributed by atoms with Gasteiger partial charge in [-0.25, -0.2) is 4.68 Å². The van der Waals surface area contributed by atoms with Crippen LogP contribution in [0, 0.1) is 13.8 Å². The molecule has 33 heavy (non-hydrogen) atoms. The summed E-state index contributed by atoms with van der Waals surface area (Å²) in [4.78, 5) is 12.6. The number of rotatable bonds is 7. The number of hydrogen-bond acceptors (Lipinski definition) is 4. The smallest absolute Gasteiger partial charge is 0.277 e. The van der Waals surface area contributed by atoms with Gasteiger partial charge in [0.1, 0.15) is 5.75 Å². The number of hydrogen-bond donors (Lipinski definition) is 1. The third-order valence-corrected chi connectivity index (χ3v) is 6.06. The van der Waals surface area contributed by atoms with Crippen LogP contribution in [-0.4, -0.2) is 25.5 Å². The normalized spacial score (nSPS) is 10.9. The molecule has 4 rings (SSSR count). The molecule has 1 amide bonds. The van der Waals surface area contributed by atoms with Gasteiger partial charge in [0, 0.05) is 33.5 Å². The lowest BCUT2D eigenvalue weighted by Crippen LogP contribution is -2.15. The molecule has 4 aromatic rings. The molecular weight excluding hydrogens is 485 g/mol. The summed E-state index contributed by atoms with van der Waals surface area (Å²) in [6.45, 7) is 4.44. The second-order valence-electron chi connectivity index (χ2n) is 7.47. The summed E-state index contributed by atoms with van der Waals surface area (Å²) in [6, 6.07) is 12.3. The van der Waals surface area contributed by atoms with E-state index in [1.807, 2.05) is 32.0 Å². The Labute approximate surface area is 205 Å². The van der Waals surface area contributed by atoms with E-state index in [-0.39, 0.29) is 18.3 Å². The van der Waals surface area contributed by atoms with Crippen molar-refractivity contribution < 1.29 is 9.53 Å². The summed E-state index contributed by atoms with van der Waals surface area (Å²) in [5, 5.41) is 13.2. The summed E-state index contributed by atoms with van der Waals surface area (Å²) in [5.41, 5.74) is 2.99. The molecule has 0 saturated carbocycles. The van der Waals surface area contributed by atoms with Crippen LogP contribution in [0.25, 0.3) is 0 Å². The molecule has 10 heteroatoms. The van der Waals surface area contributed by atoms with Crippen molar-refractivity contribution in [2.24, 2.45) is 0 Å². The lowest BCUT2D eigenvalue weighted by Gasteiger charge is -2.10. The minimum absolute atomic E-state index is 0.157. The lowest BCUT2D eigenvalue weighted by atomic mass is 10.1. The third kappa shape index (κ3) is 5.68. The molecule has 0 fully saturated rings. The summed E-state index contributed by atoms with van der Waals surface area (Å²) < 4.78 is 8.98. The maximum atomic E-state index is 12.6. The Hall–Kier alpha value is -3.00. The third-order valence-electron chi connectivity index (χ3n) is 4.88. The van der Waals surface area contributed by atoms with Crippen molar-refractivity contribution in [1.82, 2.24) is 19.6 Å². The van der Waals surface area contributed by atoms with Gasteiger partial charge in [-0.15, -0.1) is 0 Å². The van der Waals surface area contributed by atoms with Crippen molar-refractivity contribution in [2.75, 3.05) is 5.32 Å². The highest BCUT2D eigenvalue weighted by molar-refractivity contribution is 6.35. The minimum atomic E-state index is -0.373. The molecule has 2 aromatic carbocycles. The Morgan fingerprint density at radius 1 is 0.970 bits per heavy atom. The first-order valence-corrected chi connectivity index (χ1v) is 11.1. The topological polar surface area (TPSA) is 74.0 Å². The van der Waals surface area contributed by atoms with Gasteiger partial charge in [0.2, 0.25) is 0 Å². The van der Waals surface area contributed by atoms with E-state index in [9.17, 15) is 4.79 Å². The number of halogens is 3. The van der Waals surface area contributed by atoms with Crippen LogP contribution in [0.15, 0.2) is 54.9 Å². The van der Waals surface area contributed by atoms with Gasteiger partial charge < -0.3 is 10.1 Å². The molecule has 0 aliphatic rings. The Morgan fingerprint density at radius 3 is 2.42 bits per heavy atom. The lowest BCUT2D eigenvalue weighted by molar-refractivity contribution is 0.101. The van der Waals surface area contributed by atoms with Gasteiger partial charge in [0.25, 0.3) is 5.91 Å². The zero-order chi connectivity index (χ0) is 23.5. The van der Waals surface area contributed by atoms with E-state index >= 15 is 0 Å². The van der Waals surface area contributed by atoms with E-state index in [2.05, 4.69) is 15.5 Å². The minimum Gasteiger partial charge on any atom is -0.471 e. The van der Waals surface area contributed by atoms with Gasteiger partial charge in [0.05, 0.1) is 6.54 Å². The monoisotopic (exact) mass is 503 g/mol. The highest BCUT2D eigenvalue weighted by atomic mass is 35.5. The maximum absolute atomic E-state index is 12.6. The summed E-state index contributed by atoms with van der Waals surface area (Å²) in [7, 11) is 0. The SMILES string of the molecule is Cc1cc(OCn2ccc(C(=O)Nc3ccn(Cc4ccc(Cl)cc4Cl)n3)n2)cc(C)c1Cl. The highest BCUT2D eigenvalue weighted by Gasteiger charge is 2.13. The quantitative estimate of drug-likeness (QED) is 0.335.